The third kappa shape index (κ3) is 2.98. The van der Waals surface area contributed by atoms with Crippen molar-refractivity contribution < 1.29 is 9.90 Å². The van der Waals surface area contributed by atoms with Gasteiger partial charge in [0.2, 0.25) is 0 Å². The van der Waals surface area contributed by atoms with Crippen molar-refractivity contribution in [2.75, 3.05) is 11.1 Å². The fourth-order valence-electron chi connectivity index (χ4n) is 1.65. The second-order valence-electron chi connectivity index (χ2n) is 4.19. The fraction of sp³-hybridized carbons (Fsp3) is 0.0714. The summed E-state index contributed by atoms with van der Waals surface area (Å²) >= 11 is 5.81. The van der Waals surface area contributed by atoms with Crippen LogP contribution in [-0.4, -0.2) is 11.0 Å². The third-order valence-corrected chi connectivity index (χ3v) is 2.95. The highest BCUT2D eigenvalue weighted by molar-refractivity contribution is 6.31. The van der Waals surface area contributed by atoms with Gasteiger partial charge in [-0.2, -0.15) is 0 Å². The maximum absolute atomic E-state index is 12.1. The Bertz CT molecular complexity index is 641. The molecular formula is C14H13ClN2O2. The molecule has 2 aromatic rings. The van der Waals surface area contributed by atoms with Gasteiger partial charge in [0.15, 0.2) is 0 Å². The second-order valence-corrected chi connectivity index (χ2v) is 4.63. The molecule has 4 nitrogen and oxygen atoms in total. The molecule has 0 radical (unpaired) electrons. The molecule has 0 spiro atoms. The summed E-state index contributed by atoms with van der Waals surface area (Å²) in [6.07, 6.45) is 0. The van der Waals surface area contributed by atoms with Crippen LogP contribution in [0, 0.1) is 6.92 Å². The normalized spacial score (nSPS) is 10.2. The van der Waals surface area contributed by atoms with E-state index in [2.05, 4.69) is 5.32 Å². The van der Waals surface area contributed by atoms with Crippen molar-refractivity contribution in [3.05, 3.63) is 52.5 Å². The molecule has 98 valence electrons. The lowest BCUT2D eigenvalue weighted by Gasteiger charge is -2.10. The van der Waals surface area contributed by atoms with Gasteiger partial charge in [-0.1, -0.05) is 17.7 Å². The zero-order valence-electron chi connectivity index (χ0n) is 10.3. The number of phenolic OH excluding ortho intramolecular Hbond substituents is 1. The molecule has 0 atom stereocenters. The fourth-order valence-corrected chi connectivity index (χ4v) is 1.83. The van der Waals surface area contributed by atoms with Gasteiger partial charge >= 0.3 is 0 Å². The van der Waals surface area contributed by atoms with Crippen molar-refractivity contribution in [1.29, 1.82) is 0 Å². The number of phenols is 1. The highest BCUT2D eigenvalue weighted by Gasteiger charge is 2.13. The minimum absolute atomic E-state index is 0.120. The molecule has 19 heavy (non-hydrogen) atoms. The van der Waals surface area contributed by atoms with Gasteiger partial charge in [0.05, 0.1) is 5.56 Å². The Hall–Kier alpha value is -2.20. The van der Waals surface area contributed by atoms with Crippen LogP contribution >= 0.6 is 11.6 Å². The van der Waals surface area contributed by atoms with Crippen molar-refractivity contribution in [3.63, 3.8) is 0 Å². The van der Waals surface area contributed by atoms with E-state index >= 15 is 0 Å². The number of nitrogens with two attached hydrogens (primary N) is 1. The average molecular weight is 277 g/mol. The average Bonchev–Trinajstić information content (AvgIpc) is 2.36. The second kappa shape index (κ2) is 5.20. The molecule has 2 aromatic carbocycles. The summed E-state index contributed by atoms with van der Waals surface area (Å²) in [4.78, 5) is 12.1. The molecule has 1 amide bonds. The molecule has 0 aliphatic rings. The van der Waals surface area contributed by atoms with E-state index < -0.39 is 5.91 Å². The summed E-state index contributed by atoms with van der Waals surface area (Å²) in [5.74, 6) is -0.558. The maximum atomic E-state index is 12.1. The lowest BCUT2D eigenvalue weighted by atomic mass is 10.1. The summed E-state index contributed by atoms with van der Waals surface area (Å²) in [6, 6.07) is 9.52. The van der Waals surface area contributed by atoms with Crippen LogP contribution in [0.15, 0.2) is 36.4 Å². The van der Waals surface area contributed by atoms with E-state index in [0.717, 1.165) is 5.56 Å². The van der Waals surface area contributed by atoms with Crippen LogP contribution in [0.4, 0.5) is 11.4 Å². The van der Waals surface area contributed by atoms with Crippen LogP contribution in [0.5, 0.6) is 5.75 Å². The van der Waals surface area contributed by atoms with E-state index in [9.17, 15) is 9.90 Å². The molecule has 0 heterocycles. The minimum atomic E-state index is -0.436. The largest absolute Gasteiger partial charge is 0.507 e. The number of aromatic hydroxyl groups is 1. The summed E-state index contributed by atoms with van der Waals surface area (Å²) in [5.41, 5.74) is 7.83. The van der Waals surface area contributed by atoms with Crippen molar-refractivity contribution in [2.24, 2.45) is 0 Å². The molecule has 0 bridgehead atoms. The van der Waals surface area contributed by atoms with Crippen LogP contribution in [-0.2, 0) is 0 Å². The first-order chi connectivity index (χ1) is 8.97. The topological polar surface area (TPSA) is 75.3 Å². The first kappa shape index (κ1) is 13.2. The molecule has 0 aliphatic heterocycles. The van der Waals surface area contributed by atoms with Gasteiger partial charge in [-0.15, -0.1) is 0 Å². The molecular weight excluding hydrogens is 264 g/mol. The summed E-state index contributed by atoms with van der Waals surface area (Å²) in [6.45, 7) is 1.85. The highest BCUT2D eigenvalue weighted by atomic mass is 35.5. The van der Waals surface area contributed by atoms with Gasteiger partial charge < -0.3 is 16.2 Å². The Kier molecular flexibility index (Phi) is 3.62. The Morgan fingerprint density at radius 2 is 2.00 bits per heavy atom. The van der Waals surface area contributed by atoms with Crippen molar-refractivity contribution in [2.45, 2.75) is 6.92 Å². The van der Waals surface area contributed by atoms with Crippen LogP contribution in [0.1, 0.15) is 15.9 Å². The van der Waals surface area contributed by atoms with Crippen LogP contribution in [0.3, 0.4) is 0 Å². The lowest BCUT2D eigenvalue weighted by Crippen LogP contribution is -2.13. The predicted octanol–water partition coefficient (Wildman–Crippen LogP) is 3.19. The molecule has 0 unspecified atom stereocenters. The molecule has 0 fully saturated rings. The number of nitrogens with one attached hydrogen (secondary N) is 1. The molecule has 0 aromatic heterocycles. The van der Waals surface area contributed by atoms with Crippen molar-refractivity contribution in [3.8, 4) is 5.75 Å². The van der Waals surface area contributed by atoms with Crippen LogP contribution < -0.4 is 11.1 Å². The lowest BCUT2D eigenvalue weighted by molar-refractivity contribution is 0.102. The summed E-state index contributed by atoms with van der Waals surface area (Å²) in [5, 5.41) is 12.7. The number of hydrogen-bond acceptors (Lipinski definition) is 3. The number of nitrogen functional groups attached to an aromatic ring is 1. The Balaban J connectivity index is 2.30. The number of hydrogen-bond donors (Lipinski definition) is 3. The van der Waals surface area contributed by atoms with E-state index in [1.54, 1.807) is 12.1 Å². The van der Waals surface area contributed by atoms with E-state index in [1.807, 2.05) is 13.0 Å². The highest BCUT2D eigenvalue weighted by Crippen LogP contribution is 2.24. The summed E-state index contributed by atoms with van der Waals surface area (Å²) in [7, 11) is 0. The smallest absolute Gasteiger partial charge is 0.259 e. The van der Waals surface area contributed by atoms with E-state index in [1.165, 1.54) is 18.2 Å². The SMILES string of the molecule is Cc1ccc(N)cc1NC(=O)c1cc(Cl)ccc1O. The molecule has 4 N–H and O–H groups in total. The monoisotopic (exact) mass is 276 g/mol. The number of aryl methyl sites for hydroxylation is 1. The standard InChI is InChI=1S/C14H13ClN2O2/c1-8-2-4-10(16)7-12(8)17-14(19)11-6-9(15)3-5-13(11)18/h2-7,18H,16H2,1H3,(H,17,19). The van der Waals surface area contributed by atoms with Gasteiger partial charge in [0.25, 0.3) is 5.91 Å². The van der Waals surface area contributed by atoms with Crippen LogP contribution in [0.25, 0.3) is 0 Å². The number of halogens is 1. The zero-order chi connectivity index (χ0) is 14.0. The molecule has 2 rings (SSSR count). The first-order valence-electron chi connectivity index (χ1n) is 5.63. The molecule has 0 saturated heterocycles. The quantitative estimate of drug-likeness (QED) is 0.737. The maximum Gasteiger partial charge on any atom is 0.259 e. The number of carbonyl (C=O) groups excluding carboxylic acids is 1. The van der Waals surface area contributed by atoms with Gasteiger partial charge in [-0.25, -0.2) is 0 Å². The molecule has 0 aliphatic carbocycles. The number of benzene rings is 2. The minimum Gasteiger partial charge on any atom is -0.507 e. The van der Waals surface area contributed by atoms with Crippen molar-refractivity contribution in [1.82, 2.24) is 0 Å². The number of rotatable bonds is 2. The molecule has 0 saturated carbocycles. The summed E-state index contributed by atoms with van der Waals surface area (Å²) < 4.78 is 0. The first-order valence-corrected chi connectivity index (χ1v) is 6.01. The van der Waals surface area contributed by atoms with Crippen molar-refractivity contribution >= 4 is 28.9 Å². The number of amides is 1. The van der Waals surface area contributed by atoms with Gasteiger partial charge in [0, 0.05) is 16.4 Å². The third-order valence-electron chi connectivity index (χ3n) is 2.71. The van der Waals surface area contributed by atoms with Crippen LogP contribution in [0.2, 0.25) is 5.02 Å². The van der Waals surface area contributed by atoms with Gasteiger partial charge in [-0.05, 0) is 42.8 Å². The van der Waals surface area contributed by atoms with E-state index in [-0.39, 0.29) is 11.3 Å². The van der Waals surface area contributed by atoms with Gasteiger partial charge in [0.1, 0.15) is 5.75 Å². The van der Waals surface area contributed by atoms with E-state index in [4.69, 9.17) is 17.3 Å². The zero-order valence-corrected chi connectivity index (χ0v) is 11.0. The van der Waals surface area contributed by atoms with Gasteiger partial charge in [-0.3, -0.25) is 4.79 Å². The Morgan fingerprint density at radius 3 is 2.74 bits per heavy atom. The number of anilines is 2. The Morgan fingerprint density at radius 1 is 1.26 bits per heavy atom. The Labute approximate surface area is 115 Å². The molecule has 5 heteroatoms. The van der Waals surface area contributed by atoms with E-state index in [0.29, 0.717) is 16.4 Å². The number of carbonyl (C=O) groups is 1. The predicted molar refractivity (Wildman–Crippen MR) is 76.7 cm³/mol.